The summed E-state index contributed by atoms with van der Waals surface area (Å²) in [6.45, 7) is 0.465. The molecule has 2 nitrogen and oxygen atoms in total. The maximum Gasteiger partial charge on any atom is 0.134 e. The monoisotopic (exact) mass is 375 g/mol. The molecule has 0 unspecified atom stereocenters. The number of pyridine rings is 1. The van der Waals surface area contributed by atoms with Crippen molar-refractivity contribution in [3.8, 4) is 5.75 Å². The van der Waals surface area contributed by atoms with Crippen molar-refractivity contribution in [2.24, 2.45) is 0 Å². The van der Waals surface area contributed by atoms with Gasteiger partial charge in [-0.3, -0.25) is 4.98 Å². The molecule has 0 spiro atoms. The van der Waals surface area contributed by atoms with Crippen LogP contribution in [0.2, 0.25) is 5.02 Å². The van der Waals surface area contributed by atoms with Crippen molar-refractivity contribution in [1.82, 2.24) is 4.98 Å². The Morgan fingerprint density at radius 1 is 1.18 bits per heavy atom. The Labute approximate surface area is 121 Å². The lowest BCUT2D eigenvalue weighted by Crippen LogP contribution is -1.96. The van der Waals surface area contributed by atoms with Crippen molar-refractivity contribution in [3.05, 3.63) is 56.2 Å². The van der Waals surface area contributed by atoms with Crippen molar-refractivity contribution in [2.75, 3.05) is 0 Å². The van der Waals surface area contributed by atoms with Crippen molar-refractivity contribution in [1.29, 1.82) is 0 Å². The van der Waals surface area contributed by atoms with Crippen LogP contribution in [0.3, 0.4) is 0 Å². The molecule has 1 heterocycles. The third kappa shape index (κ3) is 3.69. The molecular weight excluding hydrogens is 369 g/mol. The Morgan fingerprint density at radius 2 is 2.00 bits per heavy atom. The molecule has 17 heavy (non-hydrogen) atoms. The van der Waals surface area contributed by atoms with Gasteiger partial charge in [0.25, 0.3) is 0 Å². The Balaban J connectivity index is 2.07. The highest BCUT2D eigenvalue weighted by atomic mass is 79.9. The number of hydrogen-bond acceptors (Lipinski definition) is 2. The van der Waals surface area contributed by atoms with Gasteiger partial charge < -0.3 is 4.74 Å². The van der Waals surface area contributed by atoms with Crippen molar-refractivity contribution in [2.45, 2.75) is 6.61 Å². The van der Waals surface area contributed by atoms with E-state index in [1.807, 2.05) is 12.1 Å². The fourth-order valence-electron chi connectivity index (χ4n) is 1.29. The summed E-state index contributed by atoms with van der Waals surface area (Å²) in [7, 11) is 0. The molecule has 0 aliphatic heterocycles. The first-order chi connectivity index (χ1) is 8.15. The van der Waals surface area contributed by atoms with E-state index in [2.05, 4.69) is 36.8 Å². The SMILES string of the molecule is Clc1ccc(OCc2cncc(Br)c2)c(Br)c1. The molecule has 0 radical (unpaired) electrons. The van der Waals surface area contributed by atoms with E-state index in [9.17, 15) is 0 Å². The van der Waals surface area contributed by atoms with Gasteiger partial charge in [-0.05, 0) is 56.1 Å². The Hall–Kier alpha value is -0.580. The lowest BCUT2D eigenvalue weighted by molar-refractivity contribution is 0.303. The summed E-state index contributed by atoms with van der Waals surface area (Å²) in [6, 6.07) is 7.39. The van der Waals surface area contributed by atoms with E-state index in [1.54, 1.807) is 24.5 Å². The first-order valence-corrected chi connectivity index (χ1v) is 6.79. The normalized spacial score (nSPS) is 10.3. The highest BCUT2D eigenvalue weighted by Crippen LogP contribution is 2.28. The summed E-state index contributed by atoms with van der Waals surface area (Å²) in [5, 5.41) is 0.674. The highest BCUT2D eigenvalue weighted by molar-refractivity contribution is 9.10. The van der Waals surface area contributed by atoms with E-state index in [0.717, 1.165) is 20.3 Å². The molecule has 0 aliphatic rings. The summed E-state index contributed by atoms with van der Waals surface area (Å²) < 4.78 is 7.45. The number of ether oxygens (including phenoxy) is 1. The van der Waals surface area contributed by atoms with Crippen LogP contribution >= 0.6 is 43.5 Å². The van der Waals surface area contributed by atoms with E-state index in [0.29, 0.717) is 11.6 Å². The predicted octanol–water partition coefficient (Wildman–Crippen LogP) is 4.84. The molecule has 0 saturated carbocycles. The number of aromatic nitrogens is 1. The van der Waals surface area contributed by atoms with Gasteiger partial charge in [-0.1, -0.05) is 11.6 Å². The van der Waals surface area contributed by atoms with E-state index in [1.165, 1.54) is 0 Å². The van der Waals surface area contributed by atoms with Gasteiger partial charge in [-0.25, -0.2) is 0 Å². The van der Waals surface area contributed by atoms with Crippen LogP contribution in [0, 0.1) is 0 Å². The smallest absolute Gasteiger partial charge is 0.134 e. The minimum absolute atomic E-state index is 0.465. The molecule has 0 atom stereocenters. The summed E-state index contributed by atoms with van der Waals surface area (Å²) in [6.07, 6.45) is 3.51. The largest absolute Gasteiger partial charge is 0.488 e. The average molecular weight is 377 g/mol. The molecular formula is C12H8Br2ClNO. The zero-order chi connectivity index (χ0) is 12.3. The molecule has 2 aromatic rings. The Bertz CT molecular complexity index is 534. The van der Waals surface area contributed by atoms with Crippen LogP contribution in [0.4, 0.5) is 0 Å². The van der Waals surface area contributed by atoms with E-state index in [4.69, 9.17) is 16.3 Å². The molecule has 2 rings (SSSR count). The second kappa shape index (κ2) is 5.85. The second-order valence-corrected chi connectivity index (χ2v) is 5.58. The van der Waals surface area contributed by atoms with Crippen molar-refractivity contribution < 1.29 is 4.74 Å². The molecule has 88 valence electrons. The van der Waals surface area contributed by atoms with Crippen LogP contribution in [0.25, 0.3) is 0 Å². The van der Waals surface area contributed by atoms with Gasteiger partial charge in [0.05, 0.1) is 4.47 Å². The van der Waals surface area contributed by atoms with Crippen LogP contribution in [0.15, 0.2) is 45.6 Å². The number of halogens is 3. The van der Waals surface area contributed by atoms with Crippen molar-refractivity contribution in [3.63, 3.8) is 0 Å². The molecule has 1 aromatic carbocycles. The molecule has 0 amide bonds. The first-order valence-electron chi connectivity index (χ1n) is 4.82. The molecule has 0 bridgehead atoms. The quantitative estimate of drug-likeness (QED) is 0.764. The molecule has 0 aliphatic carbocycles. The summed E-state index contributed by atoms with van der Waals surface area (Å²) in [5.41, 5.74) is 1.00. The van der Waals surface area contributed by atoms with Gasteiger partial charge >= 0.3 is 0 Å². The molecule has 0 N–H and O–H groups in total. The molecule has 0 saturated heterocycles. The zero-order valence-electron chi connectivity index (χ0n) is 8.66. The van der Waals surface area contributed by atoms with Gasteiger partial charge in [0.1, 0.15) is 12.4 Å². The van der Waals surface area contributed by atoms with E-state index >= 15 is 0 Å². The fourth-order valence-corrected chi connectivity index (χ4v) is 2.50. The minimum Gasteiger partial charge on any atom is -0.488 e. The average Bonchev–Trinajstić information content (AvgIpc) is 2.28. The standard InChI is InChI=1S/C12H8Br2ClNO/c13-9-3-8(5-16-6-9)7-17-12-2-1-10(15)4-11(12)14/h1-6H,7H2. The predicted molar refractivity (Wildman–Crippen MR) is 75.4 cm³/mol. The lowest BCUT2D eigenvalue weighted by atomic mass is 10.3. The van der Waals surface area contributed by atoms with Crippen LogP contribution < -0.4 is 4.74 Å². The lowest BCUT2D eigenvalue weighted by Gasteiger charge is -2.08. The molecule has 0 fully saturated rings. The number of rotatable bonds is 3. The van der Waals surface area contributed by atoms with Crippen LogP contribution in [0.1, 0.15) is 5.56 Å². The van der Waals surface area contributed by atoms with E-state index in [-0.39, 0.29) is 0 Å². The number of benzene rings is 1. The summed E-state index contributed by atoms with van der Waals surface area (Å²) in [5.74, 6) is 0.759. The minimum atomic E-state index is 0.465. The topological polar surface area (TPSA) is 22.1 Å². The molecule has 1 aromatic heterocycles. The van der Waals surface area contributed by atoms with Gasteiger partial charge in [-0.2, -0.15) is 0 Å². The number of nitrogens with zero attached hydrogens (tertiary/aromatic N) is 1. The van der Waals surface area contributed by atoms with Crippen LogP contribution in [-0.2, 0) is 6.61 Å². The highest BCUT2D eigenvalue weighted by Gasteiger charge is 2.02. The van der Waals surface area contributed by atoms with E-state index < -0.39 is 0 Å². The van der Waals surface area contributed by atoms with Gasteiger partial charge in [0, 0.05) is 27.5 Å². The van der Waals surface area contributed by atoms with Crippen LogP contribution in [-0.4, -0.2) is 4.98 Å². The third-order valence-corrected chi connectivity index (χ3v) is 3.34. The maximum absolute atomic E-state index is 5.85. The van der Waals surface area contributed by atoms with Crippen molar-refractivity contribution >= 4 is 43.5 Å². The Morgan fingerprint density at radius 3 is 2.71 bits per heavy atom. The number of hydrogen-bond donors (Lipinski definition) is 0. The van der Waals surface area contributed by atoms with Gasteiger partial charge in [-0.15, -0.1) is 0 Å². The summed E-state index contributed by atoms with van der Waals surface area (Å²) >= 11 is 12.6. The molecule has 5 heteroatoms. The maximum atomic E-state index is 5.85. The van der Waals surface area contributed by atoms with Crippen LogP contribution in [0.5, 0.6) is 5.75 Å². The second-order valence-electron chi connectivity index (χ2n) is 3.37. The zero-order valence-corrected chi connectivity index (χ0v) is 12.6. The third-order valence-electron chi connectivity index (χ3n) is 2.05. The first kappa shape index (κ1) is 12.9. The van der Waals surface area contributed by atoms with Gasteiger partial charge in [0.2, 0.25) is 0 Å². The Kier molecular flexibility index (Phi) is 4.42. The van der Waals surface area contributed by atoms with Gasteiger partial charge in [0.15, 0.2) is 0 Å². The fraction of sp³-hybridized carbons (Fsp3) is 0.0833. The summed E-state index contributed by atoms with van der Waals surface area (Å²) in [4.78, 5) is 4.07.